The molecule has 0 heterocycles. The van der Waals surface area contributed by atoms with Crippen LogP contribution in [0, 0.1) is 0 Å². The maximum Gasteiger partial charge on any atom is 0.132 e. The first-order valence-corrected chi connectivity index (χ1v) is 11.6. The second-order valence-electron chi connectivity index (χ2n) is 7.52. The zero-order valence-corrected chi connectivity index (χ0v) is 18.1. The summed E-state index contributed by atoms with van der Waals surface area (Å²) in [6, 6.07) is 2.96. The molecule has 0 aliphatic rings. The van der Waals surface area contributed by atoms with Crippen LogP contribution in [-0.2, 0) is 15.8 Å². The van der Waals surface area contributed by atoms with Crippen LogP contribution < -0.4 is 0 Å². The van der Waals surface area contributed by atoms with Gasteiger partial charge >= 0.3 is 0 Å². The van der Waals surface area contributed by atoms with Crippen molar-refractivity contribution in [2.45, 2.75) is 108 Å². The second kappa shape index (κ2) is 17.0. The number of hydrogen-bond donors (Lipinski definition) is 3. The summed E-state index contributed by atoms with van der Waals surface area (Å²) in [5.74, 6) is 0.122. The molecule has 3 N–H and O–H groups in total. The molecule has 0 spiro atoms. The average molecular weight is 415 g/mol. The Bertz CT molecular complexity index is 510. The fourth-order valence-corrected chi connectivity index (χ4v) is 3.84. The van der Waals surface area contributed by atoms with Gasteiger partial charge in [0.15, 0.2) is 0 Å². The van der Waals surface area contributed by atoms with Gasteiger partial charge in [0.1, 0.15) is 11.5 Å². The Labute approximate surface area is 174 Å². The number of phenolic OH excluding ortho intramolecular Hbond substituents is 2. The second-order valence-corrected chi connectivity index (χ2v) is 8.26. The molecule has 162 valence electrons. The monoisotopic (exact) mass is 414 g/mol. The highest BCUT2D eigenvalue weighted by Gasteiger charge is 2.10. The first-order chi connectivity index (χ1) is 13.7. The predicted molar refractivity (Wildman–Crippen MR) is 114 cm³/mol. The van der Waals surface area contributed by atoms with E-state index < -0.39 is 0 Å². The van der Waals surface area contributed by atoms with E-state index in [1.165, 1.54) is 83.1 Å². The molecule has 0 amide bonds. The molecule has 0 aliphatic heterocycles. The Kier molecular flexibility index (Phi) is 15.2. The van der Waals surface area contributed by atoms with Gasteiger partial charge in [0.05, 0.1) is 16.9 Å². The van der Waals surface area contributed by atoms with Gasteiger partial charge in [0.25, 0.3) is 0 Å². The average Bonchev–Trinajstić information content (AvgIpc) is 2.69. The van der Waals surface area contributed by atoms with Crippen molar-refractivity contribution < 1.29 is 24.8 Å². The van der Waals surface area contributed by atoms with Gasteiger partial charge < -0.3 is 10.2 Å². The van der Waals surface area contributed by atoms with E-state index in [4.69, 9.17) is 5.26 Å². The minimum Gasteiger partial charge on any atom is -0.508 e. The molecule has 6 heteroatoms. The Morgan fingerprint density at radius 1 is 0.714 bits per heavy atom. The smallest absolute Gasteiger partial charge is 0.132 e. The summed E-state index contributed by atoms with van der Waals surface area (Å²) >= 11 is 0.636. The molecular formula is C22H38O5S. The van der Waals surface area contributed by atoms with Gasteiger partial charge in [-0.25, -0.2) is 5.26 Å². The van der Waals surface area contributed by atoms with Gasteiger partial charge in [-0.3, -0.25) is 0 Å². The van der Waals surface area contributed by atoms with Crippen molar-refractivity contribution in [3.8, 4) is 11.5 Å². The van der Waals surface area contributed by atoms with Crippen LogP contribution in [0.1, 0.15) is 102 Å². The van der Waals surface area contributed by atoms with Crippen LogP contribution >= 0.6 is 12.0 Å². The first kappa shape index (κ1) is 25.1. The van der Waals surface area contributed by atoms with Crippen molar-refractivity contribution in [1.82, 2.24) is 0 Å². The third-order valence-corrected chi connectivity index (χ3v) is 5.75. The lowest BCUT2D eigenvalue weighted by molar-refractivity contribution is -0.432. The number of benzene rings is 1. The van der Waals surface area contributed by atoms with E-state index in [-0.39, 0.29) is 16.4 Å². The van der Waals surface area contributed by atoms with Crippen molar-refractivity contribution in [1.29, 1.82) is 0 Å². The lowest BCUT2D eigenvalue weighted by Crippen LogP contribution is -1.89. The molecule has 0 saturated carbocycles. The van der Waals surface area contributed by atoms with Crippen LogP contribution in [0.5, 0.6) is 11.5 Å². The van der Waals surface area contributed by atoms with Crippen molar-refractivity contribution in [2.24, 2.45) is 0 Å². The molecule has 0 radical (unpaired) electrons. The standard InChI is InChI=1S/C22H38O5S/c1-2-3-4-5-6-7-8-9-10-11-12-13-14-15-16-19-17-21(24)22(18-20(19)23)28-27-26-25/h17-18,23-25H,2-16H2,1H3. The molecule has 0 bridgehead atoms. The molecule has 0 saturated heterocycles. The Morgan fingerprint density at radius 2 is 1.21 bits per heavy atom. The number of unbranched alkanes of at least 4 members (excludes halogenated alkanes) is 13. The van der Waals surface area contributed by atoms with E-state index in [2.05, 4.69) is 16.3 Å². The molecular weight excluding hydrogens is 376 g/mol. The number of rotatable bonds is 18. The van der Waals surface area contributed by atoms with Gasteiger partial charge in [-0.1, -0.05) is 95.4 Å². The molecule has 28 heavy (non-hydrogen) atoms. The first-order valence-electron chi connectivity index (χ1n) is 10.9. The molecule has 1 rings (SSSR count). The van der Waals surface area contributed by atoms with E-state index >= 15 is 0 Å². The summed E-state index contributed by atoms with van der Waals surface area (Å²) in [5, 5.41) is 31.6. The van der Waals surface area contributed by atoms with Crippen molar-refractivity contribution in [3.63, 3.8) is 0 Å². The summed E-state index contributed by atoms with van der Waals surface area (Å²) in [7, 11) is 0. The molecule has 0 unspecified atom stereocenters. The molecule has 0 fully saturated rings. The summed E-state index contributed by atoms with van der Waals surface area (Å²) in [4.78, 5) is 0.288. The third-order valence-electron chi connectivity index (χ3n) is 5.11. The summed E-state index contributed by atoms with van der Waals surface area (Å²) < 4.78 is 4.28. The van der Waals surface area contributed by atoms with Crippen LogP contribution in [-0.4, -0.2) is 15.5 Å². The van der Waals surface area contributed by atoms with Gasteiger partial charge in [-0.05, 0) is 30.5 Å². The number of aromatic hydroxyl groups is 2. The zero-order chi connectivity index (χ0) is 20.5. The maximum atomic E-state index is 10.0. The van der Waals surface area contributed by atoms with Gasteiger partial charge in [-0.2, -0.15) is 0 Å². The van der Waals surface area contributed by atoms with Crippen LogP contribution in [0.25, 0.3) is 0 Å². The lowest BCUT2D eigenvalue weighted by atomic mass is 10.0. The molecule has 0 aromatic heterocycles. The molecule has 5 nitrogen and oxygen atoms in total. The third kappa shape index (κ3) is 11.8. The van der Waals surface area contributed by atoms with E-state index in [0.717, 1.165) is 24.8 Å². The molecule has 0 atom stereocenters. The van der Waals surface area contributed by atoms with Gasteiger partial charge in [0, 0.05) is 0 Å². The topological polar surface area (TPSA) is 79.2 Å². The minimum absolute atomic E-state index is 0.000198. The quantitative estimate of drug-likeness (QED) is 0.0756. The van der Waals surface area contributed by atoms with E-state index in [0.29, 0.717) is 12.0 Å². The Balaban J connectivity index is 2.01. The van der Waals surface area contributed by atoms with Crippen molar-refractivity contribution in [3.05, 3.63) is 17.7 Å². The SMILES string of the molecule is CCCCCCCCCCCCCCCCc1cc(O)c(SOOO)cc1O. The highest BCUT2D eigenvalue weighted by Crippen LogP contribution is 2.35. The van der Waals surface area contributed by atoms with Crippen LogP contribution in [0.2, 0.25) is 0 Å². The lowest BCUT2D eigenvalue weighted by Gasteiger charge is -2.08. The number of phenols is 2. The van der Waals surface area contributed by atoms with Crippen LogP contribution in [0.4, 0.5) is 0 Å². The number of aryl methyl sites for hydroxylation is 1. The molecule has 1 aromatic rings. The Morgan fingerprint density at radius 3 is 1.71 bits per heavy atom. The maximum absolute atomic E-state index is 10.0. The number of hydrogen-bond acceptors (Lipinski definition) is 6. The highest BCUT2D eigenvalue weighted by atomic mass is 32.2. The van der Waals surface area contributed by atoms with Crippen LogP contribution in [0.3, 0.4) is 0 Å². The van der Waals surface area contributed by atoms with Crippen LogP contribution in [0.15, 0.2) is 17.0 Å². The van der Waals surface area contributed by atoms with E-state index in [1.54, 1.807) is 6.07 Å². The molecule has 1 aromatic carbocycles. The molecule has 0 aliphatic carbocycles. The predicted octanol–water partition coefficient (Wildman–Crippen LogP) is 7.55. The van der Waals surface area contributed by atoms with Crippen molar-refractivity contribution >= 4 is 12.0 Å². The normalized spacial score (nSPS) is 11.2. The van der Waals surface area contributed by atoms with E-state index in [1.807, 2.05) is 0 Å². The summed E-state index contributed by atoms with van der Waals surface area (Å²) in [6.45, 7) is 2.26. The minimum atomic E-state index is 0.000198. The van der Waals surface area contributed by atoms with E-state index in [9.17, 15) is 10.2 Å². The fraction of sp³-hybridized carbons (Fsp3) is 0.727. The summed E-state index contributed by atoms with van der Waals surface area (Å²) in [5.41, 5.74) is 0.728. The zero-order valence-electron chi connectivity index (χ0n) is 17.3. The van der Waals surface area contributed by atoms with Gasteiger partial charge in [0.2, 0.25) is 0 Å². The summed E-state index contributed by atoms with van der Waals surface area (Å²) in [6.07, 6.45) is 19.1. The van der Waals surface area contributed by atoms with Crippen molar-refractivity contribution in [2.75, 3.05) is 0 Å². The largest absolute Gasteiger partial charge is 0.508 e. The fourth-order valence-electron chi connectivity index (χ4n) is 3.43. The van der Waals surface area contributed by atoms with Gasteiger partial charge in [-0.15, -0.1) is 4.33 Å². The Hall–Kier alpha value is -0.950. The highest BCUT2D eigenvalue weighted by molar-refractivity contribution is 7.94.